The first kappa shape index (κ1) is 25.8. The second-order valence-electron chi connectivity index (χ2n) is 9.67. The van der Waals surface area contributed by atoms with E-state index in [1.807, 2.05) is 0 Å². The number of carboxylic acid groups (broad SMARTS) is 1. The van der Waals surface area contributed by atoms with Gasteiger partial charge in [0.25, 0.3) is 0 Å². The molecule has 178 valence electrons. The van der Waals surface area contributed by atoms with E-state index >= 15 is 0 Å². The van der Waals surface area contributed by atoms with Crippen molar-refractivity contribution in [3.8, 4) is 0 Å². The van der Waals surface area contributed by atoms with Gasteiger partial charge in [-0.25, -0.2) is 0 Å². The zero-order chi connectivity index (χ0) is 23.8. The number of nitrogens with zero attached hydrogens (tertiary/aromatic N) is 1. The number of nitrogens with one attached hydrogen (secondary N) is 2. The van der Waals surface area contributed by atoms with E-state index in [4.69, 9.17) is 10.3 Å². The first-order chi connectivity index (χ1) is 15.1. The summed E-state index contributed by atoms with van der Waals surface area (Å²) in [4.78, 5) is 22.4. The second kappa shape index (κ2) is 11.4. The number of aliphatic carboxylic acids is 1. The fourth-order valence-corrected chi connectivity index (χ4v) is 4.02. The number of hydrogen-bond acceptors (Lipinski definition) is 6. The standard InChI is InChI=1S/C24H37N3O5/c1-23(2,3)17-6-4-7-18(14-17)24(12-10-19(27-32)11-13-24)26-16-20(28)15-25-21(29)8-5-9-22(30)31/h4,6-7,14,20,26,28,32H,5,8-13,15-16H2,1-3H3,(H,25,29)(H,30,31)/t20-,24?/m0/s1. The smallest absolute Gasteiger partial charge is 0.303 e. The molecule has 0 saturated heterocycles. The first-order valence-electron chi connectivity index (χ1n) is 11.3. The summed E-state index contributed by atoms with van der Waals surface area (Å²) in [5.74, 6) is -1.19. The van der Waals surface area contributed by atoms with Gasteiger partial charge in [0.1, 0.15) is 0 Å². The van der Waals surface area contributed by atoms with Gasteiger partial charge in [0.05, 0.1) is 11.8 Å². The maximum Gasteiger partial charge on any atom is 0.303 e. The lowest BCUT2D eigenvalue weighted by molar-refractivity contribution is -0.137. The lowest BCUT2D eigenvalue weighted by atomic mass is 9.74. The van der Waals surface area contributed by atoms with Crippen molar-refractivity contribution in [2.75, 3.05) is 13.1 Å². The molecule has 5 N–H and O–H groups in total. The zero-order valence-electron chi connectivity index (χ0n) is 19.4. The van der Waals surface area contributed by atoms with Crippen molar-refractivity contribution in [2.24, 2.45) is 5.16 Å². The highest BCUT2D eigenvalue weighted by molar-refractivity contribution is 5.85. The molecule has 0 unspecified atom stereocenters. The van der Waals surface area contributed by atoms with Crippen LogP contribution in [-0.2, 0) is 20.5 Å². The normalized spacial score (nSPS) is 19.9. The Balaban J connectivity index is 2.03. The Morgan fingerprint density at radius 3 is 2.44 bits per heavy atom. The summed E-state index contributed by atoms with van der Waals surface area (Å²) in [6.45, 7) is 6.91. The Bertz CT molecular complexity index is 806. The van der Waals surface area contributed by atoms with Crippen LogP contribution in [-0.4, -0.2) is 52.2 Å². The van der Waals surface area contributed by atoms with Crippen LogP contribution in [0, 0.1) is 0 Å². The number of carbonyl (C=O) groups excluding carboxylic acids is 1. The molecule has 1 aromatic rings. The van der Waals surface area contributed by atoms with Gasteiger partial charge >= 0.3 is 5.97 Å². The molecule has 8 heteroatoms. The van der Waals surface area contributed by atoms with Crippen LogP contribution >= 0.6 is 0 Å². The van der Waals surface area contributed by atoms with Crippen LogP contribution in [0.4, 0.5) is 0 Å². The van der Waals surface area contributed by atoms with Crippen molar-refractivity contribution in [1.29, 1.82) is 0 Å². The number of benzene rings is 1. The van der Waals surface area contributed by atoms with Gasteiger partial charge in [-0.3, -0.25) is 9.59 Å². The third kappa shape index (κ3) is 7.60. The Kier molecular flexibility index (Phi) is 9.21. The van der Waals surface area contributed by atoms with Gasteiger partial charge in [-0.05, 0) is 48.6 Å². The SMILES string of the molecule is CC(C)(C)c1cccc(C2(NC[C@@H](O)CNC(=O)CCCC(=O)O)CCC(=NO)CC2)c1. The minimum Gasteiger partial charge on any atom is -0.481 e. The summed E-state index contributed by atoms with van der Waals surface area (Å²) in [6, 6.07) is 8.49. The number of aliphatic hydroxyl groups excluding tert-OH is 1. The number of aliphatic hydroxyl groups is 1. The van der Waals surface area contributed by atoms with E-state index in [1.54, 1.807) is 0 Å². The molecule has 32 heavy (non-hydrogen) atoms. The first-order valence-corrected chi connectivity index (χ1v) is 11.3. The van der Waals surface area contributed by atoms with Crippen LogP contribution in [0.3, 0.4) is 0 Å². The van der Waals surface area contributed by atoms with E-state index in [9.17, 15) is 14.7 Å². The lowest BCUT2D eigenvalue weighted by Crippen LogP contribution is -2.50. The molecule has 1 aliphatic carbocycles. The fourth-order valence-electron chi connectivity index (χ4n) is 4.02. The molecule has 1 saturated carbocycles. The Hall–Kier alpha value is -2.45. The van der Waals surface area contributed by atoms with Crippen molar-refractivity contribution >= 4 is 17.6 Å². The fraction of sp³-hybridized carbons (Fsp3) is 0.625. The van der Waals surface area contributed by atoms with Crippen LogP contribution in [0.2, 0.25) is 0 Å². The molecule has 1 aliphatic rings. The lowest BCUT2D eigenvalue weighted by Gasteiger charge is -2.40. The Morgan fingerprint density at radius 1 is 1.16 bits per heavy atom. The predicted molar refractivity (Wildman–Crippen MR) is 123 cm³/mol. The van der Waals surface area contributed by atoms with Crippen LogP contribution in [0.1, 0.15) is 76.8 Å². The number of oxime groups is 1. The Labute approximate surface area is 190 Å². The molecular weight excluding hydrogens is 410 g/mol. The van der Waals surface area contributed by atoms with E-state index in [1.165, 1.54) is 5.56 Å². The van der Waals surface area contributed by atoms with Crippen molar-refractivity contribution in [3.05, 3.63) is 35.4 Å². The number of carboxylic acids is 1. The van der Waals surface area contributed by atoms with Gasteiger partial charge in [0.2, 0.25) is 5.91 Å². The van der Waals surface area contributed by atoms with E-state index in [0.717, 1.165) is 24.1 Å². The van der Waals surface area contributed by atoms with Gasteiger partial charge in [-0.2, -0.15) is 0 Å². The molecule has 1 fully saturated rings. The minimum atomic E-state index is -0.926. The van der Waals surface area contributed by atoms with Crippen molar-refractivity contribution in [3.63, 3.8) is 0 Å². The molecule has 1 atom stereocenters. The highest BCUT2D eigenvalue weighted by Crippen LogP contribution is 2.38. The van der Waals surface area contributed by atoms with Gasteiger partial charge in [0, 0.05) is 31.5 Å². The molecule has 0 aromatic heterocycles. The molecule has 0 heterocycles. The highest BCUT2D eigenvalue weighted by Gasteiger charge is 2.36. The van der Waals surface area contributed by atoms with Crippen molar-refractivity contribution in [1.82, 2.24) is 10.6 Å². The molecule has 0 radical (unpaired) electrons. The van der Waals surface area contributed by atoms with Crippen LogP contribution in [0.25, 0.3) is 0 Å². The molecule has 0 spiro atoms. The largest absolute Gasteiger partial charge is 0.481 e. The van der Waals surface area contributed by atoms with E-state index < -0.39 is 12.1 Å². The molecule has 0 aliphatic heterocycles. The van der Waals surface area contributed by atoms with E-state index in [0.29, 0.717) is 19.4 Å². The number of amides is 1. The molecule has 1 aromatic carbocycles. The average molecular weight is 448 g/mol. The zero-order valence-corrected chi connectivity index (χ0v) is 19.4. The summed E-state index contributed by atoms with van der Waals surface area (Å²) < 4.78 is 0. The number of carbonyl (C=O) groups is 2. The van der Waals surface area contributed by atoms with Gasteiger partial charge in [-0.1, -0.05) is 50.2 Å². The van der Waals surface area contributed by atoms with Crippen molar-refractivity contribution in [2.45, 2.75) is 82.8 Å². The quantitative estimate of drug-likeness (QED) is 0.277. The Morgan fingerprint density at radius 2 is 1.84 bits per heavy atom. The summed E-state index contributed by atoms with van der Waals surface area (Å²) in [5.41, 5.74) is 2.80. The van der Waals surface area contributed by atoms with Crippen molar-refractivity contribution < 1.29 is 25.0 Å². The summed E-state index contributed by atoms with van der Waals surface area (Å²) in [6.07, 6.45) is 2.39. The van der Waals surface area contributed by atoms with E-state index in [-0.39, 0.29) is 42.7 Å². The molecule has 2 rings (SSSR count). The highest BCUT2D eigenvalue weighted by atomic mass is 16.4. The monoisotopic (exact) mass is 447 g/mol. The number of rotatable bonds is 10. The molecular formula is C24H37N3O5. The summed E-state index contributed by atoms with van der Waals surface area (Å²) >= 11 is 0. The molecule has 1 amide bonds. The van der Waals surface area contributed by atoms with Crippen LogP contribution in [0.15, 0.2) is 29.4 Å². The van der Waals surface area contributed by atoms with Crippen LogP contribution in [0.5, 0.6) is 0 Å². The van der Waals surface area contributed by atoms with Crippen LogP contribution < -0.4 is 10.6 Å². The molecule has 0 bridgehead atoms. The predicted octanol–water partition coefficient (Wildman–Crippen LogP) is 2.91. The third-order valence-electron chi connectivity index (χ3n) is 6.11. The minimum absolute atomic E-state index is 0.00795. The topological polar surface area (TPSA) is 131 Å². The third-order valence-corrected chi connectivity index (χ3v) is 6.11. The van der Waals surface area contributed by atoms with Gasteiger partial charge < -0.3 is 26.1 Å². The van der Waals surface area contributed by atoms with E-state index in [2.05, 4.69) is 60.8 Å². The average Bonchev–Trinajstić information content (AvgIpc) is 2.76. The van der Waals surface area contributed by atoms with Gasteiger partial charge in [-0.15, -0.1) is 0 Å². The number of hydrogen-bond donors (Lipinski definition) is 5. The summed E-state index contributed by atoms with van der Waals surface area (Å²) in [7, 11) is 0. The van der Waals surface area contributed by atoms with Gasteiger partial charge in [0.15, 0.2) is 0 Å². The maximum atomic E-state index is 11.8. The summed E-state index contributed by atoms with van der Waals surface area (Å²) in [5, 5.41) is 37.9. The second-order valence-corrected chi connectivity index (χ2v) is 9.67. The maximum absolute atomic E-state index is 11.8. The molecule has 8 nitrogen and oxygen atoms in total.